The van der Waals surface area contributed by atoms with Crippen LogP contribution in [0.3, 0.4) is 0 Å². The molecular weight excluding hydrogens is 368 g/mol. The average molecular weight is 386 g/mol. The normalized spacial score (nSPS) is 10.7. The largest absolute Gasteiger partial charge is 0.467 e. The van der Waals surface area contributed by atoms with Gasteiger partial charge in [0.2, 0.25) is 5.91 Å². The number of fused-ring (bicyclic) bond motifs is 1. The van der Waals surface area contributed by atoms with E-state index in [0.717, 1.165) is 17.3 Å². The first-order chi connectivity index (χ1) is 12.9. The lowest BCUT2D eigenvalue weighted by Gasteiger charge is -2.09. The van der Waals surface area contributed by atoms with Gasteiger partial charge in [-0.15, -0.1) is 0 Å². The van der Waals surface area contributed by atoms with Gasteiger partial charge in [-0.2, -0.15) is 0 Å². The van der Waals surface area contributed by atoms with Gasteiger partial charge in [-0.3, -0.25) is 19.5 Å². The molecule has 0 aliphatic carbocycles. The maximum atomic E-state index is 12.5. The average Bonchev–Trinajstić information content (AvgIpc) is 3.16. The lowest BCUT2D eigenvalue weighted by molar-refractivity contribution is -0.117. The molecule has 3 amide bonds. The van der Waals surface area contributed by atoms with Gasteiger partial charge in [-0.05, 0) is 31.2 Å². The number of carbonyl (C=O) groups is 2. The van der Waals surface area contributed by atoms with Crippen molar-refractivity contribution in [1.29, 1.82) is 0 Å². The summed E-state index contributed by atoms with van der Waals surface area (Å²) in [4.78, 5) is 40.6. The van der Waals surface area contributed by atoms with Gasteiger partial charge in [0, 0.05) is 7.05 Å². The van der Waals surface area contributed by atoms with Gasteiger partial charge >= 0.3 is 6.03 Å². The van der Waals surface area contributed by atoms with Gasteiger partial charge in [0.25, 0.3) is 5.56 Å². The highest BCUT2D eigenvalue weighted by atomic mass is 32.2. The van der Waals surface area contributed by atoms with Crippen molar-refractivity contribution in [2.24, 2.45) is 7.05 Å². The Labute approximate surface area is 159 Å². The smallest absolute Gasteiger partial charge is 0.321 e. The van der Waals surface area contributed by atoms with Crippen LogP contribution in [0.25, 0.3) is 10.9 Å². The molecule has 140 valence electrons. The molecule has 0 aliphatic heterocycles. The second kappa shape index (κ2) is 8.09. The van der Waals surface area contributed by atoms with E-state index in [1.807, 2.05) is 13.0 Å². The fourth-order valence-corrected chi connectivity index (χ4v) is 3.18. The van der Waals surface area contributed by atoms with Crippen molar-refractivity contribution in [3.63, 3.8) is 0 Å². The number of benzene rings is 1. The van der Waals surface area contributed by atoms with Crippen LogP contribution in [-0.4, -0.2) is 27.2 Å². The molecule has 0 fully saturated rings. The van der Waals surface area contributed by atoms with Gasteiger partial charge in [0.15, 0.2) is 5.16 Å². The first-order valence-corrected chi connectivity index (χ1v) is 9.13. The number of hydrogen-bond donors (Lipinski definition) is 2. The van der Waals surface area contributed by atoms with E-state index in [-0.39, 0.29) is 17.9 Å². The molecule has 2 aromatic heterocycles. The zero-order valence-corrected chi connectivity index (χ0v) is 15.6. The van der Waals surface area contributed by atoms with Gasteiger partial charge < -0.3 is 9.73 Å². The van der Waals surface area contributed by atoms with E-state index < -0.39 is 11.9 Å². The molecule has 0 spiro atoms. The zero-order valence-electron chi connectivity index (χ0n) is 14.8. The predicted molar refractivity (Wildman–Crippen MR) is 102 cm³/mol. The number of carbonyl (C=O) groups excluding carboxylic acids is 2. The number of nitrogens with zero attached hydrogens (tertiary/aromatic N) is 2. The Morgan fingerprint density at radius 3 is 2.85 bits per heavy atom. The minimum absolute atomic E-state index is 0.0498. The van der Waals surface area contributed by atoms with Crippen LogP contribution in [0.5, 0.6) is 0 Å². The third kappa shape index (κ3) is 4.56. The van der Waals surface area contributed by atoms with E-state index in [0.29, 0.717) is 21.8 Å². The number of aryl methyl sites for hydroxylation is 1. The van der Waals surface area contributed by atoms with E-state index in [2.05, 4.69) is 15.6 Å². The van der Waals surface area contributed by atoms with Crippen molar-refractivity contribution in [3.05, 3.63) is 58.3 Å². The van der Waals surface area contributed by atoms with Crippen LogP contribution >= 0.6 is 11.8 Å². The first kappa shape index (κ1) is 18.7. The van der Waals surface area contributed by atoms with Gasteiger partial charge in [-0.1, -0.05) is 23.4 Å². The van der Waals surface area contributed by atoms with Crippen LogP contribution in [0.2, 0.25) is 0 Å². The number of hydrogen-bond acceptors (Lipinski definition) is 6. The van der Waals surface area contributed by atoms with Crippen LogP contribution in [0, 0.1) is 6.92 Å². The minimum Gasteiger partial charge on any atom is -0.467 e. The lowest BCUT2D eigenvalue weighted by atomic mass is 10.2. The number of amides is 3. The monoisotopic (exact) mass is 386 g/mol. The number of nitrogens with one attached hydrogen (secondary N) is 2. The fraction of sp³-hybridized carbons (Fsp3) is 0.222. The van der Waals surface area contributed by atoms with Crippen molar-refractivity contribution in [1.82, 2.24) is 20.2 Å². The quantitative estimate of drug-likeness (QED) is 0.513. The molecule has 0 saturated carbocycles. The maximum Gasteiger partial charge on any atom is 0.321 e. The highest BCUT2D eigenvalue weighted by Crippen LogP contribution is 2.17. The number of rotatable bonds is 5. The molecule has 3 aromatic rings. The van der Waals surface area contributed by atoms with Gasteiger partial charge in [0.05, 0.1) is 29.5 Å². The molecule has 9 heteroatoms. The number of thioether (sulfide) groups is 1. The van der Waals surface area contributed by atoms with Crippen molar-refractivity contribution in [2.75, 3.05) is 5.75 Å². The molecule has 2 heterocycles. The summed E-state index contributed by atoms with van der Waals surface area (Å²) < 4.78 is 6.49. The van der Waals surface area contributed by atoms with Crippen LogP contribution in [0.1, 0.15) is 11.3 Å². The minimum atomic E-state index is -0.618. The second-order valence-corrected chi connectivity index (χ2v) is 6.82. The summed E-state index contributed by atoms with van der Waals surface area (Å²) in [5.74, 6) is 0.0407. The third-order valence-electron chi connectivity index (χ3n) is 3.78. The molecule has 0 unspecified atom stereocenters. The summed E-state index contributed by atoms with van der Waals surface area (Å²) in [7, 11) is 1.60. The Hall–Kier alpha value is -3.07. The van der Waals surface area contributed by atoms with Crippen LogP contribution in [0.15, 0.2) is 51.0 Å². The van der Waals surface area contributed by atoms with Crippen LogP contribution < -0.4 is 16.2 Å². The molecule has 1 aromatic carbocycles. The predicted octanol–water partition coefficient (Wildman–Crippen LogP) is 1.95. The van der Waals surface area contributed by atoms with E-state index in [1.165, 1.54) is 10.8 Å². The van der Waals surface area contributed by atoms with E-state index in [4.69, 9.17) is 4.42 Å². The number of imide groups is 1. The molecule has 8 nitrogen and oxygen atoms in total. The molecule has 0 radical (unpaired) electrons. The summed E-state index contributed by atoms with van der Waals surface area (Å²) in [5.41, 5.74) is 1.37. The Kier molecular flexibility index (Phi) is 5.60. The van der Waals surface area contributed by atoms with Crippen molar-refractivity contribution in [3.8, 4) is 0 Å². The summed E-state index contributed by atoms with van der Waals surface area (Å²) in [5, 5.41) is 5.68. The Morgan fingerprint density at radius 1 is 1.30 bits per heavy atom. The van der Waals surface area contributed by atoms with Crippen molar-refractivity contribution in [2.45, 2.75) is 18.6 Å². The highest BCUT2D eigenvalue weighted by Gasteiger charge is 2.13. The van der Waals surface area contributed by atoms with Crippen molar-refractivity contribution < 1.29 is 14.0 Å². The van der Waals surface area contributed by atoms with E-state index in [1.54, 1.807) is 31.3 Å². The topological polar surface area (TPSA) is 106 Å². The highest BCUT2D eigenvalue weighted by molar-refractivity contribution is 7.99. The third-order valence-corrected chi connectivity index (χ3v) is 4.81. The van der Waals surface area contributed by atoms with E-state index in [9.17, 15) is 14.4 Å². The molecule has 0 bridgehead atoms. The molecule has 2 N–H and O–H groups in total. The lowest BCUT2D eigenvalue weighted by Crippen LogP contribution is -2.40. The molecular formula is C18H18N4O4S. The zero-order chi connectivity index (χ0) is 19.4. The Bertz CT molecular complexity index is 1040. The van der Waals surface area contributed by atoms with Gasteiger partial charge in [-0.25, -0.2) is 9.78 Å². The molecule has 27 heavy (non-hydrogen) atoms. The second-order valence-electron chi connectivity index (χ2n) is 5.88. The number of aromatic nitrogens is 2. The molecule has 0 aliphatic rings. The Balaban J connectivity index is 1.60. The summed E-state index contributed by atoms with van der Waals surface area (Å²) in [6, 6.07) is 8.24. The Morgan fingerprint density at radius 2 is 2.11 bits per heavy atom. The summed E-state index contributed by atoms with van der Waals surface area (Å²) >= 11 is 1.09. The molecule has 3 rings (SSSR count). The van der Waals surface area contributed by atoms with E-state index >= 15 is 0 Å². The number of furan rings is 1. The number of urea groups is 1. The summed E-state index contributed by atoms with van der Waals surface area (Å²) in [6.07, 6.45) is 1.50. The molecule has 0 saturated heterocycles. The van der Waals surface area contributed by atoms with Crippen LogP contribution in [0.4, 0.5) is 4.79 Å². The summed E-state index contributed by atoms with van der Waals surface area (Å²) in [6.45, 7) is 2.09. The van der Waals surface area contributed by atoms with Crippen molar-refractivity contribution >= 4 is 34.6 Å². The first-order valence-electron chi connectivity index (χ1n) is 8.14. The SMILES string of the molecule is Cc1ccc2nc(SCC(=O)NC(=O)NCc3ccco3)n(C)c(=O)c2c1. The van der Waals surface area contributed by atoms with Crippen LogP contribution in [-0.2, 0) is 18.4 Å². The van der Waals surface area contributed by atoms with Gasteiger partial charge in [0.1, 0.15) is 5.76 Å². The molecule has 0 atom stereocenters. The maximum absolute atomic E-state index is 12.5. The fourth-order valence-electron chi connectivity index (χ4n) is 2.41. The standard InChI is InChI=1S/C18H18N4O4S/c1-11-5-6-14-13(8-11)16(24)22(2)18(20-14)27-10-15(23)21-17(25)19-9-12-4-3-7-26-12/h3-8H,9-10H2,1-2H3,(H2,19,21,23,25).